The number of Topliss-reactive ketones (excluding diaryl/α,β-unsaturated/α-hetero) is 1. The van der Waals surface area contributed by atoms with Gasteiger partial charge in [-0.05, 0) is 24.6 Å². The van der Waals surface area contributed by atoms with E-state index >= 15 is 0 Å². The van der Waals surface area contributed by atoms with Crippen LogP contribution in [-0.4, -0.2) is 43.9 Å². The summed E-state index contributed by atoms with van der Waals surface area (Å²) >= 11 is 0. The van der Waals surface area contributed by atoms with Crippen molar-refractivity contribution in [3.63, 3.8) is 0 Å². The third-order valence-electron chi connectivity index (χ3n) is 3.31. The van der Waals surface area contributed by atoms with Crippen LogP contribution in [0.3, 0.4) is 0 Å². The minimum Gasteiger partial charge on any atom is -0.493 e. The SMILES string of the molecule is COc1ccc(C[C@H](C(C)=O)N(C)C(C)=O)cc1OC. The van der Waals surface area contributed by atoms with Crippen molar-refractivity contribution in [3.05, 3.63) is 23.8 Å². The second-order valence-electron chi connectivity index (χ2n) is 4.65. The first-order valence-corrected chi connectivity index (χ1v) is 6.35. The molecule has 0 aromatic heterocycles. The van der Waals surface area contributed by atoms with Crippen molar-refractivity contribution in [2.75, 3.05) is 21.3 Å². The molecule has 1 atom stereocenters. The molecule has 0 fully saturated rings. The third kappa shape index (κ3) is 3.73. The maximum absolute atomic E-state index is 11.7. The van der Waals surface area contributed by atoms with Gasteiger partial charge in [0.15, 0.2) is 17.3 Å². The Hall–Kier alpha value is -2.04. The lowest BCUT2D eigenvalue weighted by molar-refractivity contribution is -0.135. The number of benzene rings is 1. The summed E-state index contributed by atoms with van der Waals surface area (Å²) in [7, 11) is 4.76. The van der Waals surface area contributed by atoms with Gasteiger partial charge in [-0.3, -0.25) is 9.59 Å². The first-order valence-electron chi connectivity index (χ1n) is 6.35. The molecule has 0 aliphatic heterocycles. The molecule has 0 saturated carbocycles. The molecule has 20 heavy (non-hydrogen) atoms. The largest absolute Gasteiger partial charge is 0.493 e. The zero-order valence-corrected chi connectivity index (χ0v) is 12.6. The van der Waals surface area contributed by atoms with Crippen LogP contribution in [0.1, 0.15) is 19.4 Å². The van der Waals surface area contributed by atoms with Crippen LogP contribution in [0.25, 0.3) is 0 Å². The van der Waals surface area contributed by atoms with Gasteiger partial charge in [-0.25, -0.2) is 0 Å². The molecular formula is C15H21NO4. The predicted octanol–water partition coefficient (Wildman–Crippen LogP) is 1.68. The average Bonchev–Trinajstić information content (AvgIpc) is 2.43. The van der Waals surface area contributed by atoms with Gasteiger partial charge in [0.1, 0.15) is 0 Å². The molecule has 0 aliphatic rings. The Balaban J connectivity index is 3.00. The fourth-order valence-electron chi connectivity index (χ4n) is 2.00. The second-order valence-corrected chi connectivity index (χ2v) is 4.65. The van der Waals surface area contributed by atoms with Crippen molar-refractivity contribution in [2.24, 2.45) is 0 Å². The number of hydrogen-bond acceptors (Lipinski definition) is 4. The lowest BCUT2D eigenvalue weighted by atomic mass is 10.0. The average molecular weight is 279 g/mol. The van der Waals surface area contributed by atoms with Crippen LogP contribution >= 0.6 is 0 Å². The Morgan fingerprint density at radius 2 is 1.75 bits per heavy atom. The van der Waals surface area contributed by atoms with Crippen LogP contribution in [0, 0.1) is 0 Å². The molecule has 0 spiro atoms. The third-order valence-corrected chi connectivity index (χ3v) is 3.31. The van der Waals surface area contributed by atoms with Gasteiger partial charge >= 0.3 is 0 Å². The number of carbonyl (C=O) groups excluding carboxylic acids is 2. The fraction of sp³-hybridized carbons (Fsp3) is 0.467. The van der Waals surface area contributed by atoms with Crippen molar-refractivity contribution < 1.29 is 19.1 Å². The van der Waals surface area contributed by atoms with Gasteiger partial charge in [0.2, 0.25) is 5.91 Å². The Labute approximate surface area is 119 Å². The van der Waals surface area contributed by atoms with E-state index in [0.29, 0.717) is 17.9 Å². The molecule has 0 saturated heterocycles. The molecule has 5 heteroatoms. The zero-order chi connectivity index (χ0) is 15.3. The van der Waals surface area contributed by atoms with E-state index < -0.39 is 6.04 Å². The van der Waals surface area contributed by atoms with Gasteiger partial charge in [0.25, 0.3) is 0 Å². The summed E-state index contributed by atoms with van der Waals surface area (Å²) in [6, 6.07) is 5.01. The Morgan fingerprint density at radius 1 is 1.15 bits per heavy atom. The molecule has 1 aromatic rings. The van der Waals surface area contributed by atoms with Crippen LogP contribution in [-0.2, 0) is 16.0 Å². The van der Waals surface area contributed by atoms with Crippen molar-refractivity contribution in [1.29, 1.82) is 0 Å². The van der Waals surface area contributed by atoms with E-state index in [1.807, 2.05) is 12.1 Å². The maximum atomic E-state index is 11.7. The first kappa shape index (κ1) is 16.0. The highest BCUT2D eigenvalue weighted by molar-refractivity contribution is 5.86. The number of methoxy groups -OCH3 is 2. The number of likely N-dealkylation sites (N-methyl/N-ethyl adjacent to an activating group) is 1. The van der Waals surface area contributed by atoms with Crippen LogP contribution < -0.4 is 9.47 Å². The number of ketones is 1. The summed E-state index contributed by atoms with van der Waals surface area (Å²) < 4.78 is 10.4. The summed E-state index contributed by atoms with van der Waals surface area (Å²) in [5.74, 6) is 1.07. The highest BCUT2D eigenvalue weighted by Crippen LogP contribution is 2.28. The second kappa shape index (κ2) is 6.93. The molecule has 1 aromatic carbocycles. The van der Waals surface area contributed by atoms with Gasteiger partial charge in [0, 0.05) is 20.4 Å². The Bertz CT molecular complexity index is 499. The van der Waals surface area contributed by atoms with Gasteiger partial charge in [-0.2, -0.15) is 0 Å². The predicted molar refractivity (Wildman–Crippen MR) is 76.2 cm³/mol. The summed E-state index contributed by atoms with van der Waals surface area (Å²) in [6.07, 6.45) is 0.450. The molecule has 0 bridgehead atoms. The molecule has 0 unspecified atom stereocenters. The van der Waals surface area contributed by atoms with E-state index in [0.717, 1.165) is 5.56 Å². The molecular weight excluding hydrogens is 258 g/mol. The standard InChI is InChI=1S/C15H21NO4/c1-10(17)13(16(3)11(2)18)8-12-6-7-14(19-4)15(9-12)20-5/h6-7,9,13H,8H2,1-5H3/t13-/m1/s1. The number of amides is 1. The van der Waals surface area contributed by atoms with E-state index in [2.05, 4.69) is 0 Å². The van der Waals surface area contributed by atoms with Crippen molar-refractivity contribution in [3.8, 4) is 11.5 Å². The fourth-order valence-corrected chi connectivity index (χ4v) is 2.00. The van der Waals surface area contributed by atoms with Gasteiger partial charge in [-0.1, -0.05) is 6.07 Å². The highest BCUT2D eigenvalue weighted by atomic mass is 16.5. The van der Waals surface area contributed by atoms with E-state index in [4.69, 9.17) is 9.47 Å². The lowest BCUT2D eigenvalue weighted by Gasteiger charge is -2.25. The highest BCUT2D eigenvalue weighted by Gasteiger charge is 2.22. The van der Waals surface area contributed by atoms with Gasteiger partial charge in [-0.15, -0.1) is 0 Å². The number of nitrogens with zero attached hydrogens (tertiary/aromatic N) is 1. The smallest absolute Gasteiger partial charge is 0.219 e. The molecule has 0 N–H and O–H groups in total. The Morgan fingerprint density at radius 3 is 2.20 bits per heavy atom. The normalized spacial score (nSPS) is 11.7. The van der Waals surface area contributed by atoms with Crippen LogP contribution in [0.4, 0.5) is 0 Å². The summed E-state index contributed by atoms with van der Waals surface area (Å²) in [4.78, 5) is 24.6. The van der Waals surface area contributed by atoms with Crippen molar-refractivity contribution in [1.82, 2.24) is 4.90 Å². The van der Waals surface area contributed by atoms with Gasteiger partial charge < -0.3 is 14.4 Å². The van der Waals surface area contributed by atoms with Crippen LogP contribution in [0.15, 0.2) is 18.2 Å². The summed E-state index contributed by atoms with van der Waals surface area (Å²) in [5.41, 5.74) is 0.913. The molecule has 0 aliphatic carbocycles. The van der Waals surface area contributed by atoms with E-state index in [1.165, 1.54) is 18.7 Å². The van der Waals surface area contributed by atoms with Gasteiger partial charge in [0.05, 0.1) is 20.3 Å². The number of rotatable bonds is 6. The summed E-state index contributed by atoms with van der Waals surface area (Å²) in [5, 5.41) is 0. The van der Waals surface area contributed by atoms with E-state index in [-0.39, 0.29) is 11.7 Å². The number of carbonyl (C=O) groups is 2. The number of hydrogen-bond donors (Lipinski definition) is 0. The molecule has 5 nitrogen and oxygen atoms in total. The zero-order valence-electron chi connectivity index (χ0n) is 12.6. The maximum Gasteiger partial charge on any atom is 0.219 e. The number of ether oxygens (including phenoxy) is 2. The summed E-state index contributed by atoms with van der Waals surface area (Å²) in [6.45, 7) is 2.94. The topological polar surface area (TPSA) is 55.8 Å². The molecule has 1 amide bonds. The van der Waals surface area contributed by atoms with E-state index in [1.54, 1.807) is 27.3 Å². The minimum absolute atomic E-state index is 0.0440. The van der Waals surface area contributed by atoms with Crippen LogP contribution in [0.5, 0.6) is 11.5 Å². The van der Waals surface area contributed by atoms with E-state index in [9.17, 15) is 9.59 Å². The molecule has 1 rings (SSSR count). The molecule has 110 valence electrons. The first-order chi connectivity index (χ1) is 9.40. The monoisotopic (exact) mass is 279 g/mol. The minimum atomic E-state index is -0.467. The Kier molecular flexibility index (Phi) is 5.55. The quantitative estimate of drug-likeness (QED) is 0.795. The molecule has 0 heterocycles. The van der Waals surface area contributed by atoms with Crippen LogP contribution in [0.2, 0.25) is 0 Å². The van der Waals surface area contributed by atoms with Crippen molar-refractivity contribution >= 4 is 11.7 Å². The molecule has 0 radical (unpaired) electrons. The lowest BCUT2D eigenvalue weighted by Crippen LogP contribution is -2.41. The van der Waals surface area contributed by atoms with Crippen molar-refractivity contribution in [2.45, 2.75) is 26.3 Å².